The highest BCUT2D eigenvalue weighted by Crippen LogP contribution is 2.42. The third-order valence-corrected chi connectivity index (χ3v) is 5.64. The van der Waals surface area contributed by atoms with Crippen LogP contribution in [0.25, 0.3) is 0 Å². The van der Waals surface area contributed by atoms with Gasteiger partial charge in [-0.3, -0.25) is 0 Å². The average Bonchev–Trinajstić information content (AvgIpc) is 3.44. The van der Waals surface area contributed by atoms with Crippen LogP contribution in [0, 0.1) is 5.92 Å². The first kappa shape index (κ1) is 16.8. The van der Waals surface area contributed by atoms with E-state index in [1.165, 1.54) is 26.4 Å². The van der Waals surface area contributed by atoms with Crippen molar-refractivity contribution >= 4 is 10.0 Å². The Kier molecular flexibility index (Phi) is 4.78. The molecule has 0 aromatic heterocycles. The number of benzene rings is 2. The molecule has 1 saturated carbocycles. The van der Waals surface area contributed by atoms with Gasteiger partial charge in [-0.05, 0) is 36.5 Å². The predicted octanol–water partition coefficient (Wildman–Crippen LogP) is 3.13. The zero-order valence-corrected chi connectivity index (χ0v) is 14.5. The van der Waals surface area contributed by atoms with Gasteiger partial charge in [-0.2, -0.15) is 0 Å². The van der Waals surface area contributed by atoms with Crippen LogP contribution in [0.15, 0.2) is 53.4 Å². The van der Waals surface area contributed by atoms with Crippen molar-refractivity contribution in [3.8, 4) is 11.5 Å². The normalized spacial score (nSPS) is 15.8. The molecular formula is C18H21NO4S. The monoisotopic (exact) mass is 347 g/mol. The summed E-state index contributed by atoms with van der Waals surface area (Å²) in [5, 5.41) is 0. The van der Waals surface area contributed by atoms with E-state index in [9.17, 15) is 8.42 Å². The highest BCUT2D eigenvalue weighted by atomic mass is 32.2. The van der Waals surface area contributed by atoms with Gasteiger partial charge in [-0.25, -0.2) is 13.1 Å². The molecular weight excluding hydrogens is 326 g/mol. The third kappa shape index (κ3) is 3.55. The zero-order chi connectivity index (χ0) is 17.2. The molecule has 0 heterocycles. The standard InChI is InChI=1S/C18H21NO4S/c1-22-16-11-10-15(12-17(16)23-2)24(20,21)19-18(14-8-9-14)13-6-4-3-5-7-13/h3-7,10-12,14,18-19H,8-9H2,1-2H3/t18-/m1/s1. The molecule has 2 aromatic carbocycles. The van der Waals surface area contributed by atoms with E-state index in [2.05, 4.69) is 4.72 Å². The third-order valence-electron chi connectivity index (χ3n) is 4.20. The van der Waals surface area contributed by atoms with Crippen LogP contribution in [-0.4, -0.2) is 22.6 Å². The number of nitrogens with one attached hydrogen (secondary N) is 1. The molecule has 0 amide bonds. The van der Waals surface area contributed by atoms with E-state index in [4.69, 9.17) is 9.47 Å². The lowest BCUT2D eigenvalue weighted by Gasteiger charge is -2.19. The van der Waals surface area contributed by atoms with Crippen molar-refractivity contribution in [2.45, 2.75) is 23.8 Å². The van der Waals surface area contributed by atoms with Gasteiger partial charge in [-0.1, -0.05) is 30.3 Å². The maximum atomic E-state index is 12.8. The number of ether oxygens (including phenoxy) is 2. The van der Waals surface area contributed by atoms with E-state index in [0.717, 1.165) is 18.4 Å². The summed E-state index contributed by atoms with van der Waals surface area (Å²) in [7, 11) is -0.654. The Bertz CT molecular complexity index is 801. The van der Waals surface area contributed by atoms with Gasteiger partial charge in [0.25, 0.3) is 0 Å². The number of hydrogen-bond acceptors (Lipinski definition) is 4. The van der Waals surface area contributed by atoms with Crippen LogP contribution < -0.4 is 14.2 Å². The van der Waals surface area contributed by atoms with Gasteiger partial charge in [0.1, 0.15) is 0 Å². The molecule has 24 heavy (non-hydrogen) atoms. The van der Waals surface area contributed by atoms with Crippen LogP contribution in [-0.2, 0) is 10.0 Å². The average molecular weight is 347 g/mol. The predicted molar refractivity (Wildman–Crippen MR) is 91.8 cm³/mol. The van der Waals surface area contributed by atoms with Crippen LogP contribution in [0.2, 0.25) is 0 Å². The topological polar surface area (TPSA) is 64.6 Å². The molecule has 1 fully saturated rings. The van der Waals surface area contributed by atoms with Gasteiger partial charge in [0.15, 0.2) is 11.5 Å². The number of hydrogen-bond donors (Lipinski definition) is 1. The van der Waals surface area contributed by atoms with E-state index >= 15 is 0 Å². The first-order chi connectivity index (χ1) is 11.5. The summed E-state index contributed by atoms with van der Waals surface area (Å²) in [4.78, 5) is 0.168. The Labute approximate surface area is 142 Å². The zero-order valence-electron chi connectivity index (χ0n) is 13.7. The van der Waals surface area contributed by atoms with Crippen molar-refractivity contribution in [2.24, 2.45) is 5.92 Å². The first-order valence-electron chi connectivity index (χ1n) is 7.84. The second-order valence-electron chi connectivity index (χ2n) is 5.86. The molecule has 128 valence electrons. The maximum Gasteiger partial charge on any atom is 0.241 e. The first-order valence-corrected chi connectivity index (χ1v) is 9.33. The molecule has 6 heteroatoms. The molecule has 1 aliphatic carbocycles. The van der Waals surface area contributed by atoms with E-state index in [1.54, 1.807) is 6.07 Å². The number of sulfonamides is 1. The molecule has 0 radical (unpaired) electrons. The van der Waals surface area contributed by atoms with Crippen LogP contribution in [0.3, 0.4) is 0 Å². The molecule has 0 aliphatic heterocycles. The van der Waals surface area contributed by atoms with Gasteiger partial charge in [-0.15, -0.1) is 0 Å². The minimum absolute atomic E-state index is 0.168. The molecule has 1 N–H and O–H groups in total. The molecule has 5 nitrogen and oxygen atoms in total. The van der Waals surface area contributed by atoms with Crippen LogP contribution in [0.4, 0.5) is 0 Å². The lowest BCUT2D eigenvalue weighted by molar-refractivity contribution is 0.354. The van der Waals surface area contributed by atoms with E-state index in [1.807, 2.05) is 30.3 Å². The molecule has 0 unspecified atom stereocenters. The molecule has 0 saturated heterocycles. The molecule has 1 atom stereocenters. The fraction of sp³-hybridized carbons (Fsp3) is 0.333. The smallest absolute Gasteiger partial charge is 0.241 e. The highest BCUT2D eigenvalue weighted by Gasteiger charge is 2.35. The minimum Gasteiger partial charge on any atom is -0.493 e. The molecule has 3 rings (SSSR count). The highest BCUT2D eigenvalue weighted by molar-refractivity contribution is 7.89. The molecule has 2 aromatic rings. The summed E-state index contributed by atoms with van der Waals surface area (Å²) >= 11 is 0. The molecule has 0 bridgehead atoms. The molecule has 1 aliphatic rings. The second kappa shape index (κ2) is 6.83. The summed E-state index contributed by atoms with van der Waals surface area (Å²) in [6, 6.07) is 14.1. The van der Waals surface area contributed by atoms with Crippen molar-refractivity contribution < 1.29 is 17.9 Å². The largest absolute Gasteiger partial charge is 0.493 e. The number of rotatable bonds is 7. The summed E-state index contributed by atoms with van der Waals surface area (Å²) in [5.74, 6) is 1.24. The van der Waals surface area contributed by atoms with Crippen molar-refractivity contribution in [3.05, 3.63) is 54.1 Å². The molecule has 0 spiro atoms. The summed E-state index contributed by atoms with van der Waals surface area (Å²) in [5.41, 5.74) is 0.990. The Morgan fingerprint density at radius 2 is 1.67 bits per heavy atom. The minimum atomic E-state index is -3.66. The maximum absolute atomic E-state index is 12.8. The Hall–Kier alpha value is -2.05. The fourth-order valence-corrected chi connectivity index (χ4v) is 4.05. The van der Waals surface area contributed by atoms with Crippen molar-refractivity contribution in [1.29, 1.82) is 0 Å². The Morgan fingerprint density at radius 3 is 2.25 bits per heavy atom. The Morgan fingerprint density at radius 1 is 1.00 bits per heavy atom. The van der Waals surface area contributed by atoms with E-state index in [0.29, 0.717) is 17.4 Å². The summed E-state index contributed by atoms with van der Waals surface area (Å²) < 4.78 is 38.8. The number of methoxy groups -OCH3 is 2. The van der Waals surface area contributed by atoms with E-state index in [-0.39, 0.29) is 10.9 Å². The van der Waals surface area contributed by atoms with Gasteiger partial charge in [0.2, 0.25) is 10.0 Å². The SMILES string of the molecule is COc1ccc(S(=O)(=O)N[C@H](c2ccccc2)C2CC2)cc1OC. The quantitative estimate of drug-likeness (QED) is 0.836. The van der Waals surface area contributed by atoms with Crippen molar-refractivity contribution in [3.63, 3.8) is 0 Å². The van der Waals surface area contributed by atoms with Crippen LogP contribution in [0.1, 0.15) is 24.4 Å². The van der Waals surface area contributed by atoms with Gasteiger partial charge in [0, 0.05) is 12.1 Å². The van der Waals surface area contributed by atoms with Gasteiger partial charge < -0.3 is 9.47 Å². The lowest BCUT2D eigenvalue weighted by atomic mass is 10.0. The van der Waals surface area contributed by atoms with Gasteiger partial charge >= 0.3 is 0 Å². The summed E-state index contributed by atoms with van der Waals surface area (Å²) in [6.45, 7) is 0. The van der Waals surface area contributed by atoms with Crippen LogP contribution >= 0.6 is 0 Å². The van der Waals surface area contributed by atoms with Crippen molar-refractivity contribution in [2.75, 3.05) is 14.2 Å². The van der Waals surface area contributed by atoms with Crippen LogP contribution in [0.5, 0.6) is 11.5 Å². The fourth-order valence-electron chi connectivity index (χ4n) is 2.75. The van der Waals surface area contributed by atoms with Gasteiger partial charge in [0.05, 0.1) is 19.1 Å². The lowest BCUT2D eigenvalue weighted by Crippen LogP contribution is -2.30. The summed E-state index contributed by atoms with van der Waals surface area (Å²) in [6.07, 6.45) is 2.07. The second-order valence-corrected chi connectivity index (χ2v) is 7.58. The Balaban J connectivity index is 1.90. The van der Waals surface area contributed by atoms with E-state index < -0.39 is 10.0 Å². The van der Waals surface area contributed by atoms with Crippen molar-refractivity contribution in [1.82, 2.24) is 4.72 Å².